The Hall–Kier alpha value is -0.640. The Balaban J connectivity index is 3.14. The summed E-state index contributed by atoms with van der Waals surface area (Å²) in [7, 11) is 0. The summed E-state index contributed by atoms with van der Waals surface area (Å²) < 4.78 is 10.0. The summed E-state index contributed by atoms with van der Waals surface area (Å²) in [6.45, 7) is 8.44. The normalized spacial score (nSPS) is 10.2. The highest BCUT2D eigenvalue weighted by Crippen LogP contribution is 1.87. The molecule has 0 aromatic heterocycles. The Morgan fingerprint density at radius 2 is 1.50 bits per heavy atom. The van der Waals surface area contributed by atoms with Crippen molar-refractivity contribution >= 4 is 0 Å². The van der Waals surface area contributed by atoms with E-state index in [1.165, 1.54) is 0 Å². The molecule has 0 bridgehead atoms. The molecule has 12 heavy (non-hydrogen) atoms. The van der Waals surface area contributed by atoms with Crippen LogP contribution in [0, 0.1) is 0 Å². The fraction of sp³-hybridized carbons (Fsp3) is 0.556. The number of hydrogen-bond donors (Lipinski definition) is 1. The molecule has 0 spiro atoms. The summed E-state index contributed by atoms with van der Waals surface area (Å²) >= 11 is 0. The largest absolute Gasteiger partial charge is 0.388 e. The molecule has 3 heteroatoms. The van der Waals surface area contributed by atoms with Crippen molar-refractivity contribution in [3.8, 4) is 0 Å². The quantitative estimate of drug-likeness (QED) is 0.434. The first-order valence-corrected chi connectivity index (χ1v) is 3.86. The SMILES string of the molecule is C=CCOCC(O)COCC=C. The molecule has 0 fully saturated rings. The zero-order valence-electron chi connectivity index (χ0n) is 7.24. The molecule has 0 unspecified atom stereocenters. The third-order valence-electron chi connectivity index (χ3n) is 1.09. The van der Waals surface area contributed by atoms with E-state index >= 15 is 0 Å². The van der Waals surface area contributed by atoms with Gasteiger partial charge in [-0.1, -0.05) is 12.2 Å². The summed E-state index contributed by atoms with van der Waals surface area (Å²) in [6.07, 6.45) is 2.71. The van der Waals surface area contributed by atoms with Gasteiger partial charge in [0.05, 0.1) is 26.4 Å². The highest BCUT2D eigenvalue weighted by atomic mass is 16.5. The van der Waals surface area contributed by atoms with E-state index in [-0.39, 0.29) is 13.2 Å². The molecule has 0 amide bonds. The number of ether oxygens (including phenoxy) is 2. The lowest BCUT2D eigenvalue weighted by Gasteiger charge is -2.09. The first-order valence-electron chi connectivity index (χ1n) is 3.86. The van der Waals surface area contributed by atoms with Gasteiger partial charge in [-0.3, -0.25) is 0 Å². The highest BCUT2D eigenvalue weighted by Gasteiger charge is 2.02. The monoisotopic (exact) mass is 172 g/mol. The van der Waals surface area contributed by atoms with Gasteiger partial charge in [-0.15, -0.1) is 13.2 Å². The van der Waals surface area contributed by atoms with Gasteiger partial charge in [0.25, 0.3) is 0 Å². The van der Waals surface area contributed by atoms with E-state index in [0.29, 0.717) is 13.2 Å². The second-order valence-corrected chi connectivity index (χ2v) is 2.31. The number of rotatable bonds is 8. The molecular formula is C9H16O3. The van der Waals surface area contributed by atoms with Gasteiger partial charge >= 0.3 is 0 Å². The van der Waals surface area contributed by atoms with Gasteiger partial charge in [0.2, 0.25) is 0 Å². The molecule has 0 aliphatic carbocycles. The van der Waals surface area contributed by atoms with E-state index in [1.807, 2.05) is 0 Å². The molecule has 0 heterocycles. The third kappa shape index (κ3) is 7.47. The Morgan fingerprint density at radius 1 is 1.08 bits per heavy atom. The smallest absolute Gasteiger partial charge is 0.101 e. The van der Waals surface area contributed by atoms with E-state index in [0.717, 1.165) is 0 Å². The van der Waals surface area contributed by atoms with Crippen LogP contribution < -0.4 is 0 Å². The fourth-order valence-corrected chi connectivity index (χ4v) is 0.623. The molecular weight excluding hydrogens is 156 g/mol. The van der Waals surface area contributed by atoms with Crippen molar-refractivity contribution in [3.63, 3.8) is 0 Å². The second kappa shape index (κ2) is 8.46. The molecule has 0 radical (unpaired) electrons. The minimum absolute atomic E-state index is 0.281. The first-order chi connectivity index (χ1) is 5.81. The van der Waals surface area contributed by atoms with Gasteiger partial charge in [0.1, 0.15) is 6.10 Å². The van der Waals surface area contributed by atoms with Gasteiger partial charge in [-0.05, 0) is 0 Å². The molecule has 0 aliphatic heterocycles. The van der Waals surface area contributed by atoms with E-state index in [9.17, 15) is 5.11 Å². The van der Waals surface area contributed by atoms with Gasteiger partial charge in [-0.2, -0.15) is 0 Å². The summed E-state index contributed by atoms with van der Waals surface area (Å²) in [5.41, 5.74) is 0. The fourth-order valence-electron chi connectivity index (χ4n) is 0.623. The first kappa shape index (κ1) is 11.4. The minimum Gasteiger partial charge on any atom is -0.388 e. The molecule has 3 nitrogen and oxygen atoms in total. The van der Waals surface area contributed by atoms with Crippen LogP contribution in [0.2, 0.25) is 0 Å². The average molecular weight is 172 g/mol. The zero-order chi connectivity index (χ0) is 9.23. The van der Waals surface area contributed by atoms with Crippen molar-refractivity contribution < 1.29 is 14.6 Å². The van der Waals surface area contributed by atoms with E-state index in [1.54, 1.807) is 12.2 Å². The summed E-state index contributed by atoms with van der Waals surface area (Å²) in [5, 5.41) is 9.18. The van der Waals surface area contributed by atoms with Crippen molar-refractivity contribution in [1.29, 1.82) is 0 Å². The summed E-state index contributed by atoms with van der Waals surface area (Å²) in [5.74, 6) is 0. The molecule has 0 rings (SSSR count). The van der Waals surface area contributed by atoms with Crippen LogP contribution in [0.1, 0.15) is 0 Å². The van der Waals surface area contributed by atoms with E-state index < -0.39 is 6.10 Å². The molecule has 0 atom stereocenters. The number of hydrogen-bond acceptors (Lipinski definition) is 3. The molecule has 0 aliphatic rings. The maximum atomic E-state index is 9.18. The Labute approximate surface area is 73.3 Å². The predicted molar refractivity (Wildman–Crippen MR) is 48.0 cm³/mol. The van der Waals surface area contributed by atoms with Gasteiger partial charge in [0, 0.05) is 0 Å². The topological polar surface area (TPSA) is 38.7 Å². The van der Waals surface area contributed by atoms with Crippen LogP contribution in [0.15, 0.2) is 25.3 Å². The lowest BCUT2D eigenvalue weighted by atomic mass is 10.4. The second-order valence-electron chi connectivity index (χ2n) is 2.31. The van der Waals surface area contributed by atoms with Gasteiger partial charge in [0.15, 0.2) is 0 Å². The Kier molecular flexibility index (Phi) is 8.01. The van der Waals surface area contributed by atoms with Crippen molar-refractivity contribution in [1.82, 2.24) is 0 Å². The van der Waals surface area contributed by atoms with E-state index in [2.05, 4.69) is 13.2 Å². The molecule has 70 valence electrons. The average Bonchev–Trinajstić information content (AvgIpc) is 2.06. The zero-order valence-corrected chi connectivity index (χ0v) is 7.24. The van der Waals surface area contributed by atoms with Crippen LogP contribution in [0.3, 0.4) is 0 Å². The Morgan fingerprint density at radius 3 is 1.83 bits per heavy atom. The van der Waals surface area contributed by atoms with Crippen molar-refractivity contribution in [3.05, 3.63) is 25.3 Å². The molecule has 0 aromatic carbocycles. The van der Waals surface area contributed by atoms with Crippen molar-refractivity contribution in [2.45, 2.75) is 6.10 Å². The van der Waals surface area contributed by atoms with Crippen molar-refractivity contribution in [2.24, 2.45) is 0 Å². The number of aliphatic hydroxyl groups excluding tert-OH is 1. The third-order valence-corrected chi connectivity index (χ3v) is 1.09. The minimum atomic E-state index is -0.565. The maximum Gasteiger partial charge on any atom is 0.101 e. The van der Waals surface area contributed by atoms with Crippen LogP contribution in [0.4, 0.5) is 0 Å². The van der Waals surface area contributed by atoms with Crippen LogP contribution >= 0.6 is 0 Å². The predicted octanol–water partition coefficient (Wildman–Crippen LogP) is 0.752. The van der Waals surface area contributed by atoms with Gasteiger partial charge in [-0.25, -0.2) is 0 Å². The van der Waals surface area contributed by atoms with Crippen LogP contribution in [-0.4, -0.2) is 37.6 Å². The van der Waals surface area contributed by atoms with Crippen LogP contribution in [0.25, 0.3) is 0 Å². The summed E-state index contributed by atoms with van der Waals surface area (Å²) in [6, 6.07) is 0. The maximum absolute atomic E-state index is 9.18. The Bertz CT molecular complexity index is 109. The highest BCUT2D eigenvalue weighted by molar-refractivity contribution is 4.66. The van der Waals surface area contributed by atoms with Crippen LogP contribution in [-0.2, 0) is 9.47 Å². The van der Waals surface area contributed by atoms with E-state index in [4.69, 9.17) is 9.47 Å². The summed E-state index contributed by atoms with van der Waals surface area (Å²) in [4.78, 5) is 0. The molecule has 1 N–H and O–H groups in total. The van der Waals surface area contributed by atoms with Crippen LogP contribution in [0.5, 0.6) is 0 Å². The number of aliphatic hydroxyl groups is 1. The molecule has 0 saturated heterocycles. The van der Waals surface area contributed by atoms with Gasteiger partial charge < -0.3 is 14.6 Å². The molecule has 0 saturated carbocycles. The lowest BCUT2D eigenvalue weighted by Crippen LogP contribution is -2.21. The lowest BCUT2D eigenvalue weighted by molar-refractivity contribution is -0.00645. The van der Waals surface area contributed by atoms with Crippen molar-refractivity contribution in [2.75, 3.05) is 26.4 Å². The standard InChI is InChI=1S/C9H16O3/c1-3-5-11-7-9(10)8-12-6-4-2/h3-4,9-10H,1-2,5-8H2. The molecule has 0 aromatic rings.